The molecule has 1 saturated carbocycles. The molecule has 6 rings (SSSR count). The molecule has 0 amide bonds. The Bertz CT molecular complexity index is 1790. The number of aliphatic hydroxyl groups is 2. The fourth-order valence-corrected chi connectivity index (χ4v) is 6.69. The van der Waals surface area contributed by atoms with E-state index in [2.05, 4.69) is 4.98 Å². The fraction of sp³-hybridized carbons (Fsp3) is 0.417. The zero-order valence-corrected chi connectivity index (χ0v) is 26.5. The number of carbonyl (C=O) groups excluding carboxylic acids is 3. The number of aromatic nitrogens is 1. The Morgan fingerprint density at radius 2 is 1.96 bits per heavy atom. The van der Waals surface area contributed by atoms with Crippen molar-refractivity contribution in [1.82, 2.24) is 4.98 Å². The van der Waals surface area contributed by atoms with Gasteiger partial charge in [0.25, 0.3) is 0 Å². The predicted molar refractivity (Wildman–Crippen MR) is 170 cm³/mol. The van der Waals surface area contributed by atoms with Crippen molar-refractivity contribution < 1.29 is 43.5 Å². The summed E-state index contributed by atoms with van der Waals surface area (Å²) >= 11 is 0. The van der Waals surface area contributed by atoms with Crippen LogP contribution in [-0.2, 0) is 32.1 Å². The molecule has 3 aromatic rings. The first-order valence-corrected chi connectivity index (χ1v) is 15.8. The lowest BCUT2D eigenvalue weighted by Gasteiger charge is -2.32. The summed E-state index contributed by atoms with van der Waals surface area (Å²) in [6, 6.07) is 7.84. The van der Waals surface area contributed by atoms with Crippen LogP contribution in [0.4, 0.5) is 0 Å². The average molecular weight is 630 g/mol. The first kappa shape index (κ1) is 31.6. The van der Waals surface area contributed by atoms with Crippen molar-refractivity contribution in [3.8, 4) is 17.2 Å². The second kappa shape index (κ2) is 12.4. The van der Waals surface area contributed by atoms with Crippen LogP contribution in [0.5, 0.6) is 17.2 Å². The molecule has 1 aromatic heterocycles. The molecule has 2 aliphatic heterocycles. The monoisotopic (exact) mass is 629 g/mol. The summed E-state index contributed by atoms with van der Waals surface area (Å²) in [4.78, 5) is 42.9. The van der Waals surface area contributed by atoms with E-state index in [0.717, 1.165) is 22.0 Å². The minimum Gasteiger partial charge on any atom is -0.492 e. The molecule has 3 N–H and O–H groups in total. The molecule has 0 unspecified atom stereocenters. The van der Waals surface area contributed by atoms with Gasteiger partial charge in [-0.2, -0.15) is 0 Å². The smallest absolute Gasteiger partial charge is 0.375 e. The maximum absolute atomic E-state index is 13.4. The van der Waals surface area contributed by atoms with Crippen LogP contribution in [0.3, 0.4) is 0 Å². The van der Waals surface area contributed by atoms with Gasteiger partial charge in [0.15, 0.2) is 6.29 Å². The number of benzene rings is 2. The summed E-state index contributed by atoms with van der Waals surface area (Å²) in [5.74, 6) is -0.673. The summed E-state index contributed by atoms with van der Waals surface area (Å²) in [6.45, 7) is 6.78. The molecule has 0 saturated heterocycles. The van der Waals surface area contributed by atoms with Gasteiger partial charge < -0.3 is 34.1 Å². The van der Waals surface area contributed by atoms with Crippen molar-refractivity contribution >= 4 is 34.5 Å². The predicted octanol–water partition coefficient (Wildman–Crippen LogP) is 5.22. The number of rotatable bonds is 9. The number of hydrogen-bond acceptors (Lipinski definition) is 9. The highest BCUT2D eigenvalue weighted by Gasteiger charge is 2.44. The highest BCUT2D eigenvalue weighted by molar-refractivity contribution is 6.11. The second-order valence-corrected chi connectivity index (χ2v) is 12.5. The van der Waals surface area contributed by atoms with Gasteiger partial charge in [-0.3, -0.25) is 9.59 Å². The zero-order valence-electron chi connectivity index (χ0n) is 26.5. The third-order valence-corrected chi connectivity index (χ3v) is 8.99. The number of carbonyl (C=O) groups is 3. The summed E-state index contributed by atoms with van der Waals surface area (Å²) in [6.07, 6.45) is 3.63. The van der Waals surface area contributed by atoms with Gasteiger partial charge >= 0.3 is 5.97 Å². The van der Waals surface area contributed by atoms with E-state index in [1.807, 2.05) is 37.4 Å². The Morgan fingerprint density at radius 1 is 1.15 bits per heavy atom. The number of nitrogens with one attached hydrogen (secondary N) is 1. The number of esters is 1. The van der Waals surface area contributed by atoms with Crippen LogP contribution in [0.2, 0.25) is 0 Å². The Hall–Kier alpha value is -4.41. The van der Waals surface area contributed by atoms with E-state index in [9.17, 15) is 24.6 Å². The molecule has 3 heterocycles. The van der Waals surface area contributed by atoms with E-state index in [-0.39, 0.29) is 47.9 Å². The fourth-order valence-electron chi connectivity index (χ4n) is 6.69. The molecule has 1 fully saturated rings. The third-order valence-electron chi connectivity index (χ3n) is 8.99. The Labute approximate surface area is 267 Å². The highest BCUT2D eigenvalue weighted by atomic mass is 16.6. The van der Waals surface area contributed by atoms with Crippen molar-refractivity contribution in [2.24, 2.45) is 0 Å². The number of hydrogen-bond donors (Lipinski definition) is 3. The molecule has 0 spiro atoms. The first-order chi connectivity index (χ1) is 22.1. The topological polar surface area (TPSA) is 144 Å². The Morgan fingerprint density at radius 3 is 2.65 bits per heavy atom. The lowest BCUT2D eigenvalue weighted by molar-refractivity contribution is -0.141. The molecule has 0 bridgehead atoms. The normalized spacial score (nSPS) is 21.0. The van der Waals surface area contributed by atoms with E-state index in [1.165, 1.54) is 0 Å². The van der Waals surface area contributed by atoms with Crippen LogP contribution < -0.4 is 14.2 Å². The van der Waals surface area contributed by atoms with E-state index < -0.39 is 30.2 Å². The highest BCUT2D eigenvalue weighted by Crippen LogP contribution is 2.56. The van der Waals surface area contributed by atoms with Gasteiger partial charge in [0.2, 0.25) is 5.76 Å². The number of aliphatic hydroxyl groups excluding tert-OH is 1. The van der Waals surface area contributed by atoms with Gasteiger partial charge in [0, 0.05) is 41.6 Å². The van der Waals surface area contributed by atoms with Crippen molar-refractivity contribution in [1.29, 1.82) is 0 Å². The first-order valence-electron chi connectivity index (χ1n) is 15.8. The van der Waals surface area contributed by atoms with E-state index >= 15 is 0 Å². The van der Waals surface area contributed by atoms with Gasteiger partial charge in [0.1, 0.15) is 29.1 Å². The number of ketones is 1. The molecule has 10 heteroatoms. The number of allylic oxidation sites excluding steroid dienone is 3. The van der Waals surface area contributed by atoms with E-state index in [1.54, 1.807) is 20.8 Å². The van der Waals surface area contributed by atoms with Gasteiger partial charge in [-0.1, -0.05) is 18.6 Å². The number of Topliss-reactive ketones (excluding diaryl/α,β-unsaturated/α-hetero) is 1. The molecular weight excluding hydrogens is 590 g/mol. The lowest BCUT2D eigenvalue weighted by atomic mass is 9.75. The van der Waals surface area contributed by atoms with Crippen molar-refractivity contribution in [3.63, 3.8) is 0 Å². The van der Waals surface area contributed by atoms with Crippen LogP contribution in [0.1, 0.15) is 81.5 Å². The number of H-pyrrole nitrogens is 1. The molecule has 46 heavy (non-hydrogen) atoms. The quantitative estimate of drug-likeness (QED) is 0.214. The summed E-state index contributed by atoms with van der Waals surface area (Å²) in [5.41, 5.74) is 3.15. The third kappa shape index (κ3) is 5.39. The molecule has 3 aliphatic rings. The molecule has 1 aliphatic carbocycles. The molecule has 242 valence electrons. The SMILES string of the molecule is CCCOc1c2c(c(CO)c3c1/C(=C1\CCC(=O)[C@H](c4ccc5[nH]ccc5c4)C1)C(C=O)=C(C(=O)OCC)O3)O[C@H](C(C)(C)O)C2. The van der Waals surface area contributed by atoms with Crippen LogP contribution >= 0.6 is 0 Å². The number of aldehydes is 1. The minimum atomic E-state index is -1.23. The van der Waals surface area contributed by atoms with E-state index in [4.69, 9.17) is 18.9 Å². The number of aromatic amines is 1. The molecule has 0 radical (unpaired) electrons. The van der Waals surface area contributed by atoms with Gasteiger partial charge in [-0.25, -0.2) is 4.79 Å². The Kier molecular flexibility index (Phi) is 8.52. The molecular formula is C36H39NO9. The molecule has 2 aromatic carbocycles. The molecule has 10 nitrogen and oxygen atoms in total. The van der Waals surface area contributed by atoms with Gasteiger partial charge in [-0.15, -0.1) is 0 Å². The average Bonchev–Trinajstić information content (AvgIpc) is 3.70. The largest absolute Gasteiger partial charge is 0.492 e. The Balaban J connectivity index is 1.62. The maximum Gasteiger partial charge on any atom is 0.375 e. The van der Waals surface area contributed by atoms with Crippen LogP contribution in [0.15, 0.2) is 47.4 Å². The van der Waals surface area contributed by atoms with Gasteiger partial charge in [0.05, 0.1) is 42.1 Å². The standard InChI is InChI=1S/C36H39NO9/c1-5-13-44-32-23-16-28(36(3,4)42)45-31(23)25(18-39)33-30(32)29(24(17-38)34(46-33)35(41)43-6-2)21-8-10-27(40)22(15-21)19-7-9-26-20(14-19)11-12-37-26/h7,9,11-12,14,17,22,28,37,39,42H,5-6,8,10,13,15-16,18H2,1-4H3/b29-21+/t22-,28-/m0/s1. The van der Waals surface area contributed by atoms with Gasteiger partial charge in [-0.05, 0) is 69.2 Å². The zero-order chi connectivity index (χ0) is 32.7. The summed E-state index contributed by atoms with van der Waals surface area (Å²) in [5, 5.41) is 22.6. The lowest BCUT2D eigenvalue weighted by Crippen LogP contribution is -2.39. The van der Waals surface area contributed by atoms with Crippen molar-refractivity contribution in [2.75, 3.05) is 13.2 Å². The second-order valence-electron chi connectivity index (χ2n) is 12.5. The van der Waals surface area contributed by atoms with Crippen LogP contribution in [0, 0.1) is 0 Å². The summed E-state index contributed by atoms with van der Waals surface area (Å²) in [7, 11) is 0. The van der Waals surface area contributed by atoms with Crippen LogP contribution in [-0.4, -0.2) is 58.2 Å². The van der Waals surface area contributed by atoms with Crippen LogP contribution in [0.25, 0.3) is 16.5 Å². The number of ether oxygens (including phenoxy) is 4. The number of fused-ring (bicyclic) bond motifs is 3. The van der Waals surface area contributed by atoms with E-state index in [0.29, 0.717) is 60.4 Å². The van der Waals surface area contributed by atoms with Crippen molar-refractivity contribution in [2.45, 2.75) is 84.0 Å². The summed E-state index contributed by atoms with van der Waals surface area (Å²) < 4.78 is 24.2. The maximum atomic E-state index is 13.4. The van der Waals surface area contributed by atoms with Crippen molar-refractivity contribution in [3.05, 3.63) is 69.6 Å². The minimum absolute atomic E-state index is 0.00160. The molecule has 2 atom stereocenters.